The monoisotopic (exact) mass is 194 g/mol. The van der Waals surface area contributed by atoms with Crippen LogP contribution in [0.1, 0.15) is 39.0 Å². The molecule has 4 nitrogen and oxygen atoms in total. The van der Waals surface area contributed by atoms with E-state index in [1.54, 1.807) is 6.92 Å². The Labute approximate surface area is 83.5 Å². The fraction of sp³-hybridized carbons (Fsp3) is 0.700. The number of imide groups is 1. The van der Waals surface area contributed by atoms with Gasteiger partial charge >= 0.3 is 0 Å². The maximum absolute atomic E-state index is 11.5. The maximum Gasteiger partial charge on any atom is 0.230 e. The van der Waals surface area contributed by atoms with E-state index in [1.165, 1.54) is 0 Å². The quantitative estimate of drug-likeness (QED) is 0.621. The summed E-state index contributed by atoms with van der Waals surface area (Å²) in [6.45, 7) is 1.80. The zero-order valence-corrected chi connectivity index (χ0v) is 8.32. The number of hydrogen-bond donors (Lipinski definition) is 0. The lowest BCUT2D eigenvalue weighted by molar-refractivity contribution is -0.145. The van der Waals surface area contributed by atoms with Crippen molar-refractivity contribution in [2.24, 2.45) is 0 Å². The second-order valence-electron chi connectivity index (χ2n) is 3.42. The second-order valence-corrected chi connectivity index (χ2v) is 3.42. The van der Waals surface area contributed by atoms with Gasteiger partial charge in [0.05, 0.1) is 6.07 Å². The molecule has 0 aromatic heterocycles. The van der Waals surface area contributed by atoms with Crippen LogP contribution in [0, 0.1) is 11.3 Å². The van der Waals surface area contributed by atoms with Crippen LogP contribution in [-0.2, 0) is 9.59 Å². The summed E-state index contributed by atoms with van der Waals surface area (Å²) in [5.41, 5.74) is 0. The molecule has 14 heavy (non-hydrogen) atoms. The molecular weight excluding hydrogens is 180 g/mol. The molecule has 0 saturated carbocycles. The number of rotatable bonds is 2. The van der Waals surface area contributed by atoms with Gasteiger partial charge in [0.25, 0.3) is 0 Å². The van der Waals surface area contributed by atoms with Crippen molar-refractivity contribution in [2.45, 2.75) is 45.1 Å². The number of nitrogens with zero attached hydrogens (tertiary/aromatic N) is 2. The fourth-order valence-electron chi connectivity index (χ4n) is 1.61. The molecule has 1 rings (SSSR count). The summed E-state index contributed by atoms with van der Waals surface area (Å²) in [5, 5.41) is 8.81. The third-order valence-corrected chi connectivity index (χ3v) is 2.42. The first-order chi connectivity index (χ1) is 6.70. The van der Waals surface area contributed by atoms with E-state index >= 15 is 0 Å². The molecule has 0 aromatic carbocycles. The van der Waals surface area contributed by atoms with Gasteiger partial charge in [-0.3, -0.25) is 14.5 Å². The van der Waals surface area contributed by atoms with E-state index in [0.29, 0.717) is 19.3 Å². The molecule has 0 aliphatic carbocycles. The van der Waals surface area contributed by atoms with Crippen molar-refractivity contribution in [3.05, 3.63) is 0 Å². The van der Waals surface area contributed by atoms with Crippen LogP contribution < -0.4 is 0 Å². The highest BCUT2D eigenvalue weighted by Gasteiger charge is 2.29. The van der Waals surface area contributed by atoms with Gasteiger partial charge in [-0.15, -0.1) is 0 Å². The molecule has 2 amide bonds. The van der Waals surface area contributed by atoms with E-state index in [9.17, 15) is 9.59 Å². The fourth-order valence-corrected chi connectivity index (χ4v) is 1.61. The number of hydrogen-bond acceptors (Lipinski definition) is 3. The Bertz CT molecular complexity index is 262. The Morgan fingerprint density at radius 1 is 1.36 bits per heavy atom. The van der Waals surface area contributed by atoms with Crippen LogP contribution in [0.25, 0.3) is 0 Å². The number of carbonyl (C=O) groups is 2. The minimum Gasteiger partial charge on any atom is -0.274 e. The summed E-state index contributed by atoms with van der Waals surface area (Å²) in [6, 6.07) is 1.42. The minimum atomic E-state index is -0.576. The molecule has 1 heterocycles. The molecule has 1 atom stereocenters. The van der Waals surface area contributed by atoms with E-state index in [-0.39, 0.29) is 11.8 Å². The Balaban J connectivity index is 2.85. The molecule has 1 aliphatic rings. The molecule has 1 aliphatic heterocycles. The normalized spacial score (nSPS) is 20.1. The summed E-state index contributed by atoms with van der Waals surface area (Å²) in [4.78, 5) is 24.2. The SMILES string of the molecule is CCC(C#N)N1C(=O)CCCCC1=O. The van der Waals surface area contributed by atoms with E-state index in [0.717, 1.165) is 17.7 Å². The zero-order valence-electron chi connectivity index (χ0n) is 8.32. The summed E-state index contributed by atoms with van der Waals surface area (Å²) in [7, 11) is 0. The lowest BCUT2D eigenvalue weighted by atomic mass is 10.2. The predicted molar refractivity (Wildman–Crippen MR) is 50.0 cm³/mol. The summed E-state index contributed by atoms with van der Waals surface area (Å²) in [6.07, 6.45) is 2.80. The van der Waals surface area contributed by atoms with Crippen molar-refractivity contribution < 1.29 is 9.59 Å². The Morgan fingerprint density at radius 3 is 2.21 bits per heavy atom. The Morgan fingerprint density at radius 2 is 1.86 bits per heavy atom. The van der Waals surface area contributed by atoms with Gasteiger partial charge in [-0.2, -0.15) is 5.26 Å². The molecule has 0 spiro atoms. The molecule has 0 bridgehead atoms. The molecule has 1 fully saturated rings. The average molecular weight is 194 g/mol. The first-order valence-electron chi connectivity index (χ1n) is 4.95. The van der Waals surface area contributed by atoms with Crippen LogP contribution in [0.15, 0.2) is 0 Å². The summed E-state index contributed by atoms with van der Waals surface area (Å²) in [5.74, 6) is -0.387. The van der Waals surface area contributed by atoms with Crippen molar-refractivity contribution in [3.63, 3.8) is 0 Å². The van der Waals surface area contributed by atoms with Crippen LogP contribution in [-0.4, -0.2) is 22.8 Å². The first-order valence-corrected chi connectivity index (χ1v) is 4.95. The standard InChI is InChI=1S/C10H14N2O2/c1-2-8(7-11)12-9(13)5-3-4-6-10(12)14/h8H,2-6H2,1H3. The molecular formula is C10H14N2O2. The van der Waals surface area contributed by atoms with Gasteiger partial charge < -0.3 is 0 Å². The predicted octanol–water partition coefficient (Wildman–Crippen LogP) is 1.22. The van der Waals surface area contributed by atoms with E-state index < -0.39 is 6.04 Å². The van der Waals surface area contributed by atoms with Gasteiger partial charge in [0, 0.05) is 12.8 Å². The third kappa shape index (κ3) is 2.11. The number of nitriles is 1. The highest BCUT2D eigenvalue weighted by molar-refractivity contribution is 5.96. The van der Waals surface area contributed by atoms with Gasteiger partial charge in [0.15, 0.2) is 0 Å². The van der Waals surface area contributed by atoms with Crippen LogP contribution in [0.2, 0.25) is 0 Å². The van der Waals surface area contributed by atoms with Gasteiger partial charge in [0.1, 0.15) is 6.04 Å². The maximum atomic E-state index is 11.5. The Kier molecular flexibility index (Phi) is 3.63. The smallest absolute Gasteiger partial charge is 0.230 e. The second kappa shape index (κ2) is 4.75. The molecule has 0 aromatic rings. The lowest BCUT2D eigenvalue weighted by Gasteiger charge is -2.22. The van der Waals surface area contributed by atoms with Gasteiger partial charge in [0.2, 0.25) is 11.8 Å². The topological polar surface area (TPSA) is 61.2 Å². The van der Waals surface area contributed by atoms with Crippen LogP contribution in [0.5, 0.6) is 0 Å². The van der Waals surface area contributed by atoms with Crippen molar-refractivity contribution in [2.75, 3.05) is 0 Å². The van der Waals surface area contributed by atoms with E-state index in [1.807, 2.05) is 6.07 Å². The van der Waals surface area contributed by atoms with Gasteiger partial charge in [-0.05, 0) is 19.3 Å². The number of amides is 2. The van der Waals surface area contributed by atoms with Crippen molar-refractivity contribution >= 4 is 11.8 Å². The minimum absolute atomic E-state index is 0.194. The van der Waals surface area contributed by atoms with E-state index in [2.05, 4.69) is 0 Å². The molecule has 0 radical (unpaired) electrons. The average Bonchev–Trinajstić information content (AvgIpc) is 2.33. The number of carbonyl (C=O) groups excluding carboxylic acids is 2. The van der Waals surface area contributed by atoms with Crippen LogP contribution in [0.3, 0.4) is 0 Å². The highest BCUT2D eigenvalue weighted by atomic mass is 16.2. The van der Waals surface area contributed by atoms with Crippen LogP contribution >= 0.6 is 0 Å². The largest absolute Gasteiger partial charge is 0.274 e. The van der Waals surface area contributed by atoms with E-state index in [4.69, 9.17) is 5.26 Å². The first kappa shape index (κ1) is 10.7. The molecule has 1 unspecified atom stereocenters. The van der Waals surface area contributed by atoms with Gasteiger partial charge in [-0.25, -0.2) is 0 Å². The summed E-state index contributed by atoms with van der Waals surface area (Å²) < 4.78 is 0. The van der Waals surface area contributed by atoms with Crippen LogP contribution in [0.4, 0.5) is 0 Å². The van der Waals surface area contributed by atoms with Crippen molar-refractivity contribution in [1.82, 2.24) is 4.90 Å². The Hall–Kier alpha value is -1.37. The lowest BCUT2D eigenvalue weighted by Crippen LogP contribution is -2.42. The molecule has 1 saturated heterocycles. The molecule has 4 heteroatoms. The van der Waals surface area contributed by atoms with Crippen molar-refractivity contribution in [3.8, 4) is 6.07 Å². The molecule has 76 valence electrons. The molecule has 0 N–H and O–H groups in total. The van der Waals surface area contributed by atoms with Gasteiger partial charge in [-0.1, -0.05) is 6.92 Å². The highest BCUT2D eigenvalue weighted by Crippen LogP contribution is 2.16. The summed E-state index contributed by atoms with van der Waals surface area (Å²) >= 11 is 0. The third-order valence-electron chi connectivity index (χ3n) is 2.42. The van der Waals surface area contributed by atoms with Crippen molar-refractivity contribution in [1.29, 1.82) is 5.26 Å². The zero-order chi connectivity index (χ0) is 10.6. The number of likely N-dealkylation sites (tertiary alicyclic amines) is 1.